The molecule has 1 heterocycles. The van der Waals surface area contributed by atoms with Gasteiger partial charge in [-0.1, -0.05) is 0 Å². The van der Waals surface area contributed by atoms with Gasteiger partial charge in [-0.2, -0.15) is 0 Å². The number of carbonyl (C=O) groups excluding carboxylic acids is 2. The van der Waals surface area contributed by atoms with Crippen molar-refractivity contribution in [2.24, 2.45) is 0 Å². The van der Waals surface area contributed by atoms with Crippen LogP contribution in [-0.2, 0) is 4.79 Å². The Morgan fingerprint density at radius 2 is 1.92 bits per heavy atom. The second-order valence-corrected chi connectivity index (χ2v) is 4.74. The first-order valence-electron chi connectivity index (χ1n) is 2.58. The predicted molar refractivity (Wildman–Crippen MR) is 37.6 cm³/mol. The molecule has 8 heteroatoms. The van der Waals surface area contributed by atoms with Crippen LogP contribution < -0.4 is 15.1 Å². The standard InChI is InChI=1S/C4H4NO5P.Ca/c6-3-1-2-11(8,9,10)4(7)5-3;/h1-2,8H,(H,5,6,7);/q-2;+2. The van der Waals surface area contributed by atoms with Crippen LogP contribution in [0.4, 0.5) is 4.79 Å². The van der Waals surface area contributed by atoms with Gasteiger partial charge in [0.25, 0.3) is 0 Å². The Labute approximate surface area is 97.4 Å². The molecule has 0 aliphatic carbocycles. The van der Waals surface area contributed by atoms with E-state index in [-0.39, 0.29) is 43.6 Å². The zero-order valence-electron chi connectivity index (χ0n) is 5.89. The molecular weight excluding hydrogens is 213 g/mol. The quantitative estimate of drug-likeness (QED) is 0.340. The van der Waals surface area contributed by atoms with Crippen molar-refractivity contribution in [2.75, 3.05) is 0 Å². The molecule has 0 spiro atoms. The average Bonchev–Trinajstić information content (AvgIpc) is 1.81. The Hall–Kier alpha value is 0.450. The number of nitrogens with one attached hydrogen (secondary N) is 1. The Bertz CT molecular complexity index is 266. The first-order chi connectivity index (χ1) is 4.80. The van der Waals surface area contributed by atoms with Crippen molar-refractivity contribution in [3.8, 4) is 0 Å². The summed E-state index contributed by atoms with van der Waals surface area (Å²) in [7, 11) is -5.85. The van der Waals surface area contributed by atoms with Crippen LogP contribution in [0.25, 0.3) is 0 Å². The molecule has 2 amide bonds. The fourth-order valence-corrected chi connectivity index (χ4v) is 1.37. The van der Waals surface area contributed by atoms with Gasteiger partial charge in [-0.05, 0) is 0 Å². The SMILES string of the molecule is O=C1C=CP([O-])([O-])(O)C(=O)N1.[Ca+2]. The molecule has 12 heavy (non-hydrogen) atoms. The normalized spacial score (nSPS) is 27.8. The zero-order chi connectivity index (χ0) is 8.72. The van der Waals surface area contributed by atoms with Crippen LogP contribution in [0.2, 0.25) is 0 Å². The first-order valence-corrected chi connectivity index (χ1v) is 4.67. The number of rotatable bonds is 0. The molecule has 0 fully saturated rings. The molecule has 1 aliphatic rings. The molecule has 0 radical (unpaired) electrons. The predicted octanol–water partition coefficient (Wildman–Crippen LogP) is -2.62. The van der Waals surface area contributed by atoms with Crippen molar-refractivity contribution in [1.29, 1.82) is 0 Å². The van der Waals surface area contributed by atoms with Gasteiger partial charge in [0.15, 0.2) is 0 Å². The molecule has 0 aromatic rings. The van der Waals surface area contributed by atoms with Crippen molar-refractivity contribution >= 4 is 56.6 Å². The van der Waals surface area contributed by atoms with Gasteiger partial charge in [-0.15, -0.1) is 0 Å². The molecule has 0 aromatic carbocycles. The molecule has 0 atom stereocenters. The summed E-state index contributed by atoms with van der Waals surface area (Å²) in [5.74, 6) is -0.664. The molecule has 2 N–H and O–H groups in total. The van der Waals surface area contributed by atoms with E-state index in [1.165, 1.54) is 5.32 Å². The van der Waals surface area contributed by atoms with Gasteiger partial charge in [0.2, 0.25) is 0 Å². The van der Waals surface area contributed by atoms with Gasteiger partial charge in [0.1, 0.15) is 0 Å². The Kier molecular flexibility index (Phi) is 3.43. The molecule has 0 saturated heterocycles. The minimum absolute atomic E-state index is 0. The third kappa shape index (κ3) is 2.47. The van der Waals surface area contributed by atoms with Gasteiger partial charge < -0.3 is 0 Å². The second-order valence-electron chi connectivity index (χ2n) is 2.09. The number of imide groups is 1. The molecule has 1 aliphatic heterocycles. The van der Waals surface area contributed by atoms with Crippen molar-refractivity contribution in [3.63, 3.8) is 0 Å². The third-order valence-corrected chi connectivity index (χ3v) is 2.63. The van der Waals surface area contributed by atoms with E-state index < -0.39 is 18.8 Å². The van der Waals surface area contributed by atoms with Crippen LogP contribution in [0, 0.1) is 0 Å². The van der Waals surface area contributed by atoms with E-state index in [0.29, 0.717) is 6.08 Å². The summed E-state index contributed by atoms with van der Waals surface area (Å²) in [5.41, 5.74) is -1.68. The van der Waals surface area contributed by atoms with E-state index in [2.05, 4.69) is 0 Å². The second kappa shape index (κ2) is 3.31. The Balaban J connectivity index is 0.00000121. The minimum Gasteiger partial charge on any atom is 2.00 e. The number of amides is 2. The van der Waals surface area contributed by atoms with Crippen LogP contribution in [0.1, 0.15) is 0 Å². The fraction of sp³-hybridized carbons (Fsp3) is 0. The van der Waals surface area contributed by atoms with E-state index >= 15 is 0 Å². The summed E-state index contributed by atoms with van der Waals surface area (Å²) in [4.78, 5) is 50.7. The topological polar surface area (TPSA) is 113 Å². The summed E-state index contributed by atoms with van der Waals surface area (Å²) >= 11 is 0. The van der Waals surface area contributed by atoms with Crippen LogP contribution in [0.3, 0.4) is 0 Å². The van der Waals surface area contributed by atoms with Gasteiger partial charge in [-0.25, -0.2) is 0 Å². The maximum absolute atomic E-state index is 10.7. The van der Waals surface area contributed by atoms with Crippen molar-refractivity contribution in [3.05, 3.63) is 11.9 Å². The summed E-state index contributed by atoms with van der Waals surface area (Å²) in [6, 6.07) is 0. The van der Waals surface area contributed by atoms with Crippen LogP contribution in [0.5, 0.6) is 0 Å². The number of hydrogen-bond donors (Lipinski definition) is 2. The van der Waals surface area contributed by atoms with Gasteiger partial charge in [-0.3, -0.25) is 0 Å². The fourth-order valence-electron chi connectivity index (χ4n) is 0.517. The van der Waals surface area contributed by atoms with Crippen LogP contribution in [0.15, 0.2) is 11.9 Å². The van der Waals surface area contributed by atoms with Crippen molar-refractivity contribution in [1.82, 2.24) is 5.32 Å². The van der Waals surface area contributed by atoms with E-state index in [9.17, 15) is 19.4 Å². The molecule has 0 aromatic heterocycles. The maximum atomic E-state index is 10.7. The van der Waals surface area contributed by atoms with Gasteiger partial charge in [0.05, 0.1) is 0 Å². The summed E-state index contributed by atoms with van der Waals surface area (Å²) in [5, 5.41) is 1.43. The van der Waals surface area contributed by atoms with Crippen molar-refractivity contribution < 1.29 is 24.3 Å². The van der Waals surface area contributed by atoms with E-state index in [4.69, 9.17) is 4.89 Å². The van der Waals surface area contributed by atoms with Crippen LogP contribution in [-0.4, -0.2) is 54.2 Å². The average molecular weight is 217 g/mol. The number of hydrogen-bond acceptors (Lipinski definition) is 5. The largest absolute Gasteiger partial charge is 2.00 e. The first kappa shape index (κ1) is 12.4. The van der Waals surface area contributed by atoms with E-state index in [1.54, 1.807) is 0 Å². The zero-order valence-corrected chi connectivity index (χ0v) is 8.99. The van der Waals surface area contributed by atoms with Crippen molar-refractivity contribution in [2.45, 2.75) is 0 Å². The van der Waals surface area contributed by atoms with Gasteiger partial charge in [0, 0.05) is 0 Å². The Morgan fingerprint density at radius 3 is 2.25 bits per heavy atom. The third-order valence-electron chi connectivity index (χ3n) is 1.09. The molecule has 1 rings (SSSR count). The van der Waals surface area contributed by atoms with E-state index in [0.717, 1.165) is 0 Å². The van der Waals surface area contributed by atoms with E-state index in [1.807, 2.05) is 0 Å². The molecule has 0 unspecified atom stereocenters. The molecule has 62 valence electrons. The molecular formula is C4H4CaNO5P. The van der Waals surface area contributed by atoms with Crippen LogP contribution >= 0.6 is 7.28 Å². The minimum atomic E-state index is -5.85. The smallest absolute Gasteiger partial charge is 2.00 e. The Morgan fingerprint density at radius 1 is 1.42 bits per heavy atom. The summed E-state index contributed by atoms with van der Waals surface area (Å²) < 4.78 is 0. The number of carbonyl (C=O) groups is 2. The van der Waals surface area contributed by atoms with Gasteiger partial charge >= 0.3 is 98.1 Å². The monoisotopic (exact) mass is 217 g/mol. The summed E-state index contributed by atoms with van der Waals surface area (Å²) in [6.07, 6.45) is 0.569. The molecule has 0 bridgehead atoms. The molecule has 0 saturated carbocycles. The molecule has 6 nitrogen and oxygen atoms in total. The maximum Gasteiger partial charge on any atom is 2.00 e. The summed E-state index contributed by atoms with van der Waals surface area (Å²) in [6.45, 7) is 0.